The van der Waals surface area contributed by atoms with Gasteiger partial charge in [-0.15, -0.1) is 0 Å². The third kappa shape index (κ3) is 3.65. The Morgan fingerprint density at radius 3 is 1.86 bits per heavy atom. The SMILES string of the molecule is O=S(=O)(O)C(c1ccccc1)(c1cc(O)cc(Cl)c1O)c1c(Cl)cc(Cl)cc1Cl. The van der Waals surface area contributed by atoms with Gasteiger partial charge in [0.1, 0.15) is 11.5 Å². The molecule has 3 aromatic rings. The van der Waals surface area contributed by atoms with Crippen LogP contribution in [0.1, 0.15) is 16.7 Å². The summed E-state index contributed by atoms with van der Waals surface area (Å²) < 4.78 is 33.9. The van der Waals surface area contributed by atoms with E-state index in [0.29, 0.717) is 0 Å². The normalized spacial score (nSPS) is 13.8. The van der Waals surface area contributed by atoms with Crippen molar-refractivity contribution in [2.24, 2.45) is 0 Å². The molecule has 0 spiro atoms. The molecule has 3 N–H and O–H groups in total. The smallest absolute Gasteiger partial charge is 0.283 e. The van der Waals surface area contributed by atoms with Gasteiger partial charge in [0.2, 0.25) is 0 Å². The molecule has 10 heteroatoms. The number of hydrogen-bond donors (Lipinski definition) is 3. The monoisotopic (exact) mass is 492 g/mol. The minimum absolute atomic E-state index is 0.00871. The summed E-state index contributed by atoms with van der Waals surface area (Å²) >= 11 is 24.6. The first-order chi connectivity index (χ1) is 13.5. The molecule has 0 aromatic heterocycles. The number of phenolic OH excluding ortho intramolecular Hbond substituents is 2. The third-order valence-corrected chi connectivity index (χ3v) is 6.89. The molecule has 1 atom stereocenters. The van der Waals surface area contributed by atoms with Crippen molar-refractivity contribution in [1.29, 1.82) is 0 Å². The molecule has 0 aliphatic carbocycles. The maximum Gasteiger partial charge on any atom is 0.283 e. The Labute approximate surface area is 186 Å². The van der Waals surface area contributed by atoms with Gasteiger partial charge in [-0.3, -0.25) is 4.55 Å². The molecule has 0 saturated heterocycles. The van der Waals surface area contributed by atoms with Gasteiger partial charge in [-0.05, 0) is 23.8 Å². The van der Waals surface area contributed by atoms with Gasteiger partial charge in [-0.1, -0.05) is 76.7 Å². The molecule has 0 bridgehead atoms. The van der Waals surface area contributed by atoms with Crippen molar-refractivity contribution in [2.45, 2.75) is 4.75 Å². The molecular weight excluding hydrogens is 482 g/mol. The van der Waals surface area contributed by atoms with Gasteiger partial charge in [-0.25, -0.2) is 0 Å². The predicted octanol–water partition coefficient (Wildman–Crippen LogP) is 5.89. The van der Waals surface area contributed by atoms with E-state index in [1.165, 1.54) is 36.4 Å². The van der Waals surface area contributed by atoms with E-state index in [1.807, 2.05) is 0 Å². The fraction of sp³-hybridized carbons (Fsp3) is 0.0526. The van der Waals surface area contributed by atoms with E-state index in [1.54, 1.807) is 6.07 Å². The second-order valence-electron chi connectivity index (χ2n) is 6.09. The molecular formula is C19H12Cl4O5S. The Morgan fingerprint density at radius 1 is 0.793 bits per heavy atom. The highest BCUT2D eigenvalue weighted by Gasteiger charge is 2.53. The molecule has 0 aliphatic heterocycles. The zero-order valence-corrected chi connectivity index (χ0v) is 18.1. The van der Waals surface area contributed by atoms with Crippen molar-refractivity contribution in [3.05, 3.63) is 91.4 Å². The van der Waals surface area contributed by atoms with Crippen LogP contribution in [0, 0.1) is 0 Å². The lowest BCUT2D eigenvalue weighted by molar-refractivity contribution is 0.435. The Hall–Kier alpha value is -1.67. The number of hydrogen-bond acceptors (Lipinski definition) is 4. The molecule has 29 heavy (non-hydrogen) atoms. The molecule has 152 valence electrons. The average molecular weight is 494 g/mol. The van der Waals surface area contributed by atoms with Crippen LogP contribution in [0.5, 0.6) is 11.5 Å². The highest BCUT2D eigenvalue weighted by Crippen LogP contribution is 2.53. The Balaban J connectivity index is 2.67. The molecule has 3 aromatic carbocycles. The zero-order valence-electron chi connectivity index (χ0n) is 14.3. The lowest BCUT2D eigenvalue weighted by atomic mass is 9.83. The van der Waals surface area contributed by atoms with Crippen molar-refractivity contribution in [3.63, 3.8) is 0 Å². The van der Waals surface area contributed by atoms with Crippen LogP contribution in [0.25, 0.3) is 0 Å². The molecule has 0 aliphatic rings. The first kappa shape index (κ1) is 22.0. The van der Waals surface area contributed by atoms with E-state index >= 15 is 0 Å². The van der Waals surface area contributed by atoms with Gasteiger partial charge < -0.3 is 10.2 Å². The fourth-order valence-corrected chi connectivity index (χ4v) is 6.03. The van der Waals surface area contributed by atoms with E-state index in [-0.39, 0.29) is 31.2 Å². The Kier molecular flexibility index (Phi) is 5.98. The predicted molar refractivity (Wildman–Crippen MR) is 114 cm³/mol. The molecule has 0 amide bonds. The maximum absolute atomic E-state index is 13.0. The standard InChI is InChI=1S/C19H12Cl4O5S/c20-11-6-14(21)17(15(22)7-11)19(29(26,27)28,10-4-2-1-3-5-10)13-8-12(24)9-16(23)18(13)25/h1-9,24-25H,(H,26,27,28). The molecule has 3 rings (SSSR count). The van der Waals surface area contributed by atoms with Crippen LogP contribution in [0.4, 0.5) is 0 Å². The summed E-state index contributed by atoms with van der Waals surface area (Å²) in [6.07, 6.45) is 0. The fourth-order valence-electron chi connectivity index (χ4n) is 3.26. The highest BCUT2D eigenvalue weighted by atomic mass is 35.5. The summed E-state index contributed by atoms with van der Waals surface area (Å²) in [5.74, 6) is -1.14. The van der Waals surface area contributed by atoms with E-state index in [2.05, 4.69) is 0 Å². The van der Waals surface area contributed by atoms with Gasteiger partial charge in [0, 0.05) is 32.3 Å². The lowest BCUT2D eigenvalue weighted by Gasteiger charge is -2.34. The molecule has 0 heterocycles. The van der Waals surface area contributed by atoms with E-state index in [9.17, 15) is 23.2 Å². The van der Waals surface area contributed by atoms with Gasteiger partial charge in [0.15, 0.2) is 4.75 Å². The van der Waals surface area contributed by atoms with E-state index in [0.717, 1.165) is 12.1 Å². The van der Waals surface area contributed by atoms with Crippen molar-refractivity contribution >= 4 is 56.5 Å². The quantitative estimate of drug-likeness (QED) is 0.239. The van der Waals surface area contributed by atoms with Crippen LogP contribution in [0.3, 0.4) is 0 Å². The van der Waals surface area contributed by atoms with Crippen molar-refractivity contribution < 1.29 is 23.2 Å². The molecule has 1 unspecified atom stereocenters. The van der Waals surface area contributed by atoms with Crippen molar-refractivity contribution in [1.82, 2.24) is 0 Å². The third-order valence-electron chi connectivity index (χ3n) is 4.35. The number of halogens is 4. The Bertz CT molecular complexity index is 1180. The van der Waals surface area contributed by atoms with Crippen molar-refractivity contribution in [3.8, 4) is 11.5 Å². The van der Waals surface area contributed by atoms with E-state index in [4.69, 9.17) is 46.4 Å². The summed E-state index contributed by atoms with van der Waals surface area (Å²) in [4.78, 5) is 0. The van der Waals surface area contributed by atoms with Gasteiger partial charge in [-0.2, -0.15) is 8.42 Å². The minimum atomic E-state index is -5.14. The number of rotatable bonds is 4. The van der Waals surface area contributed by atoms with Gasteiger partial charge in [0.05, 0.1) is 5.02 Å². The molecule has 0 saturated carbocycles. The van der Waals surface area contributed by atoms with Gasteiger partial charge in [0.25, 0.3) is 10.1 Å². The van der Waals surface area contributed by atoms with Crippen molar-refractivity contribution in [2.75, 3.05) is 0 Å². The minimum Gasteiger partial charge on any atom is -0.508 e. The Morgan fingerprint density at radius 2 is 1.34 bits per heavy atom. The summed E-state index contributed by atoms with van der Waals surface area (Å²) in [6, 6.07) is 11.9. The summed E-state index contributed by atoms with van der Waals surface area (Å²) in [6.45, 7) is 0. The second-order valence-corrected chi connectivity index (χ2v) is 9.31. The topological polar surface area (TPSA) is 94.8 Å². The molecule has 0 fully saturated rings. The highest BCUT2D eigenvalue weighted by molar-refractivity contribution is 7.87. The van der Waals surface area contributed by atoms with E-state index < -0.39 is 31.9 Å². The first-order valence-electron chi connectivity index (χ1n) is 7.89. The van der Waals surface area contributed by atoms with Gasteiger partial charge >= 0.3 is 0 Å². The largest absolute Gasteiger partial charge is 0.508 e. The van der Waals surface area contributed by atoms with Crippen LogP contribution in [-0.2, 0) is 14.9 Å². The van der Waals surface area contributed by atoms with Crippen LogP contribution in [-0.4, -0.2) is 23.2 Å². The molecule has 5 nitrogen and oxygen atoms in total. The number of aromatic hydroxyl groups is 2. The van der Waals surface area contributed by atoms with Crippen LogP contribution >= 0.6 is 46.4 Å². The number of phenols is 2. The first-order valence-corrected chi connectivity index (χ1v) is 10.8. The number of benzene rings is 3. The van der Waals surface area contributed by atoms with Crippen LogP contribution in [0.15, 0.2) is 54.6 Å². The lowest BCUT2D eigenvalue weighted by Crippen LogP contribution is -2.39. The van der Waals surface area contributed by atoms with Crippen LogP contribution in [0.2, 0.25) is 20.1 Å². The average Bonchev–Trinajstić information content (AvgIpc) is 2.61. The summed E-state index contributed by atoms with van der Waals surface area (Å²) in [7, 11) is -5.14. The summed E-state index contributed by atoms with van der Waals surface area (Å²) in [5, 5.41) is 20.1. The zero-order chi connectivity index (χ0) is 21.6. The maximum atomic E-state index is 13.0. The second kappa shape index (κ2) is 7.87. The summed E-state index contributed by atoms with van der Waals surface area (Å²) in [5.41, 5.74) is -0.719. The van der Waals surface area contributed by atoms with Crippen LogP contribution < -0.4 is 0 Å². The molecule has 0 radical (unpaired) electrons.